The molecular formula is C22H21F3N6O3. The number of hydrogen-bond acceptors (Lipinski definition) is 7. The number of aromatic nitrogens is 3. The second-order valence-corrected chi connectivity index (χ2v) is 7.94. The summed E-state index contributed by atoms with van der Waals surface area (Å²) in [5.74, 6) is -1.56. The number of piperazine rings is 1. The number of amides is 1. The maximum absolute atomic E-state index is 14.7. The van der Waals surface area contributed by atoms with E-state index in [2.05, 4.69) is 25.6 Å². The van der Waals surface area contributed by atoms with Crippen molar-refractivity contribution in [2.45, 2.75) is 32.4 Å². The molecule has 0 spiro atoms. The first-order valence-corrected chi connectivity index (χ1v) is 10.4. The Kier molecular flexibility index (Phi) is 6.22. The third kappa shape index (κ3) is 4.56. The molecule has 34 heavy (non-hydrogen) atoms. The van der Waals surface area contributed by atoms with Crippen LogP contribution in [0.2, 0.25) is 0 Å². The Morgan fingerprint density at radius 2 is 2.03 bits per heavy atom. The average molecular weight is 474 g/mol. The molecule has 1 saturated heterocycles. The highest BCUT2D eigenvalue weighted by Gasteiger charge is 2.30. The highest BCUT2D eigenvalue weighted by molar-refractivity contribution is 5.93. The smallest absolute Gasteiger partial charge is 0.328 e. The van der Waals surface area contributed by atoms with Gasteiger partial charge in [0, 0.05) is 10.9 Å². The van der Waals surface area contributed by atoms with E-state index in [1.807, 2.05) is 0 Å². The monoisotopic (exact) mass is 474 g/mol. The van der Waals surface area contributed by atoms with Crippen molar-refractivity contribution in [3.63, 3.8) is 0 Å². The van der Waals surface area contributed by atoms with Gasteiger partial charge in [-0.1, -0.05) is 18.2 Å². The van der Waals surface area contributed by atoms with Gasteiger partial charge in [-0.05, 0) is 19.9 Å². The quantitative estimate of drug-likeness (QED) is 0.499. The number of aryl methyl sites for hydroxylation is 1. The molecule has 2 atom stereocenters. The molecule has 4 rings (SSSR count). The van der Waals surface area contributed by atoms with E-state index in [0.29, 0.717) is 28.4 Å². The molecule has 3 heterocycles. The van der Waals surface area contributed by atoms with Crippen LogP contribution in [0.1, 0.15) is 36.3 Å². The lowest BCUT2D eigenvalue weighted by Gasteiger charge is -2.31. The lowest BCUT2D eigenvalue weighted by molar-refractivity contribution is -0.142. The van der Waals surface area contributed by atoms with E-state index in [9.17, 15) is 27.9 Å². The van der Waals surface area contributed by atoms with Gasteiger partial charge in [0.1, 0.15) is 29.3 Å². The van der Waals surface area contributed by atoms with Gasteiger partial charge in [-0.15, -0.1) is 0 Å². The summed E-state index contributed by atoms with van der Waals surface area (Å²) in [6.07, 6.45) is -1.48. The fraction of sp³-hybridized carbons (Fsp3) is 0.318. The van der Waals surface area contributed by atoms with Crippen LogP contribution in [0.25, 0.3) is 10.9 Å². The molecule has 0 aliphatic carbocycles. The van der Waals surface area contributed by atoms with Gasteiger partial charge in [0.2, 0.25) is 5.91 Å². The lowest BCUT2D eigenvalue weighted by Crippen LogP contribution is -2.57. The molecule has 0 bridgehead atoms. The summed E-state index contributed by atoms with van der Waals surface area (Å²) in [5, 5.41) is 15.2. The molecule has 1 aromatic carbocycles. The Labute approximate surface area is 192 Å². The van der Waals surface area contributed by atoms with E-state index in [1.54, 1.807) is 19.9 Å². The maximum atomic E-state index is 14.7. The van der Waals surface area contributed by atoms with Crippen LogP contribution >= 0.6 is 0 Å². The standard InChI is InChI=1S/C22H21F3N6O3/c1-10(12-4-3-5-13(19(12)23)20(24)25)27-21-14-6-17(26-7-15(14)28-11(2)29-21)31-8-16(22(33)34)30-18(32)9-31/h3-7,10,16,20H,8-9H2,1-2H3,(H,30,32)(H,33,34)(H,27,28,29)/t10-,16-/m1/s1. The maximum Gasteiger partial charge on any atom is 0.328 e. The van der Waals surface area contributed by atoms with Crippen molar-refractivity contribution in [2.75, 3.05) is 23.3 Å². The van der Waals surface area contributed by atoms with E-state index in [-0.39, 0.29) is 18.7 Å². The predicted octanol–water partition coefficient (Wildman–Crippen LogP) is 2.97. The van der Waals surface area contributed by atoms with Gasteiger partial charge in [0.15, 0.2) is 0 Å². The summed E-state index contributed by atoms with van der Waals surface area (Å²) in [5.41, 5.74) is -0.171. The molecule has 1 fully saturated rings. The van der Waals surface area contributed by atoms with Gasteiger partial charge in [0.25, 0.3) is 6.43 Å². The van der Waals surface area contributed by atoms with Crippen molar-refractivity contribution in [3.05, 3.63) is 53.2 Å². The van der Waals surface area contributed by atoms with Crippen LogP contribution < -0.4 is 15.5 Å². The number of alkyl halides is 2. The molecular weight excluding hydrogens is 453 g/mol. The van der Waals surface area contributed by atoms with E-state index in [4.69, 9.17) is 0 Å². The SMILES string of the molecule is Cc1nc(N[C@H](C)c2cccc(C(F)F)c2F)c2cc(N3CC(=O)N[C@@H](C(=O)O)C3)ncc2n1. The molecule has 9 nitrogen and oxygen atoms in total. The van der Waals surface area contributed by atoms with Crippen molar-refractivity contribution in [3.8, 4) is 0 Å². The highest BCUT2D eigenvalue weighted by atomic mass is 19.3. The van der Waals surface area contributed by atoms with Crippen LogP contribution in [0.5, 0.6) is 0 Å². The van der Waals surface area contributed by atoms with Crippen molar-refractivity contribution in [2.24, 2.45) is 0 Å². The minimum absolute atomic E-state index is 0.0110. The van der Waals surface area contributed by atoms with Crippen molar-refractivity contribution in [1.29, 1.82) is 0 Å². The molecule has 0 unspecified atom stereocenters. The zero-order valence-electron chi connectivity index (χ0n) is 18.2. The average Bonchev–Trinajstić information content (AvgIpc) is 2.78. The number of carbonyl (C=O) groups excluding carboxylic acids is 1. The van der Waals surface area contributed by atoms with Crippen molar-refractivity contribution in [1.82, 2.24) is 20.3 Å². The third-order valence-corrected chi connectivity index (χ3v) is 5.49. The number of anilines is 2. The number of nitrogens with zero attached hydrogens (tertiary/aromatic N) is 4. The number of carboxylic acids is 1. The second kappa shape index (κ2) is 9.12. The number of halogens is 3. The number of nitrogens with one attached hydrogen (secondary N) is 2. The second-order valence-electron chi connectivity index (χ2n) is 7.94. The van der Waals surface area contributed by atoms with Crippen molar-refractivity contribution < 1.29 is 27.9 Å². The summed E-state index contributed by atoms with van der Waals surface area (Å²) in [6, 6.07) is 3.62. The number of carboxylic acid groups (broad SMARTS) is 1. The van der Waals surface area contributed by atoms with Gasteiger partial charge < -0.3 is 20.6 Å². The van der Waals surface area contributed by atoms with E-state index < -0.39 is 41.8 Å². The normalized spacial score (nSPS) is 17.1. The molecule has 3 aromatic rings. The number of rotatable bonds is 6. The summed E-state index contributed by atoms with van der Waals surface area (Å²) < 4.78 is 40.9. The fourth-order valence-corrected chi connectivity index (χ4v) is 3.83. The molecule has 178 valence electrons. The molecule has 0 radical (unpaired) electrons. The van der Waals surface area contributed by atoms with Crippen LogP contribution in [0.15, 0.2) is 30.5 Å². The summed E-state index contributed by atoms with van der Waals surface area (Å²) >= 11 is 0. The minimum atomic E-state index is -2.95. The number of aliphatic carboxylic acids is 1. The van der Waals surface area contributed by atoms with E-state index in [0.717, 1.165) is 6.07 Å². The Morgan fingerprint density at radius 1 is 1.29 bits per heavy atom. The van der Waals surface area contributed by atoms with Crippen LogP contribution in [0, 0.1) is 12.7 Å². The summed E-state index contributed by atoms with van der Waals surface area (Å²) in [7, 11) is 0. The van der Waals surface area contributed by atoms with Gasteiger partial charge in [-0.3, -0.25) is 4.79 Å². The summed E-state index contributed by atoms with van der Waals surface area (Å²) in [6.45, 7) is 3.20. The molecule has 2 aromatic heterocycles. The Morgan fingerprint density at radius 3 is 2.74 bits per heavy atom. The van der Waals surface area contributed by atoms with Crippen LogP contribution in [-0.4, -0.2) is 51.1 Å². The highest BCUT2D eigenvalue weighted by Crippen LogP contribution is 2.31. The first kappa shape index (κ1) is 23.2. The molecule has 3 N–H and O–H groups in total. The number of hydrogen-bond donors (Lipinski definition) is 3. The van der Waals surface area contributed by atoms with Crippen LogP contribution in [0.4, 0.5) is 24.8 Å². The number of pyridine rings is 1. The molecule has 12 heteroatoms. The largest absolute Gasteiger partial charge is 0.480 e. The Bertz CT molecular complexity index is 1270. The predicted molar refractivity (Wildman–Crippen MR) is 117 cm³/mol. The number of carbonyl (C=O) groups is 2. The van der Waals surface area contributed by atoms with Gasteiger partial charge in [-0.2, -0.15) is 0 Å². The number of fused-ring (bicyclic) bond motifs is 1. The fourth-order valence-electron chi connectivity index (χ4n) is 3.83. The third-order valence-electron chi connectivity index (χ3n) is 5.49. The van der Waals surface area contributed by atoms with Crippen LogP contribution in [-0.2, 0) is 9.59 Å². The number of benzene rings is 1. The minimum Gasteiger partial charge on any atom is -0.480 e. The molecule has 1 aliphatic rings. The van der Waals surface area contributed by atoms with Gasteiger partial charge >= 0.3 is 5.97 Å². The molecule has 1 amide bonds. The first-order chi connectivity index (χ1) is 16.1. The Hall–Kier alpha value is -3.96. The Balaban J connectivity index is 1.70. The van der Waals surface area contributed by atoms with Gasteiger partial charge in [-0.25, -0.2) is 32.9 Å². The topological polar surface area (TPSA) is 120 Å². The van der Waals surface area contributed by atoms with Crippen molar-refractivity contribution >= 4 is 34.4 Å². The summed E-state index contributed by atoms with van der Waals surface area (Å²) in [4.78, 5) is 37.9. The lowest BCUT2D eigenvalue weighted by atomic mass is 10.0. The van der Waals surface area contributed by atoms with Crippen LogP contribution in [0.3, 0.4) is 0 Å². The molecule has 1 aliphatic heterocycles. The van der Waals surface area contributed by atoms with E-state index in [1.165, 1.54) is 23.2 Å². The zero-order chi connectivity index (χ0) is 24.6. The molecule has 0 saturated carbocycles. The van der Waals surface area contributed by atoms with E-state index >= 15 is 0 Å². The van der Waals surface area contributed by atoms with Gasteiger partial charge in [0.05, 0.1) is 36.4 Å². The zero-order valence-corrected chi connectivity index (χ0v) is 18.2. The first-order valence-electron chi connectivity index (χ1n) is 10.4.